The van der Waals surface area contributed by atoms with E-state index >= 15 is 0 Å². The van der Waals surface area contributed by atoms with Crippen LogP contribution >= 0.6 is 0 Å². The van der Waals surface area contributed by atoms with Crippen LogP contribution in [0.15, 0.2) is 6.20 Å². The first kappa shape index (κ1) is 12.2. The van der Waals surface area contributed by atoms with Gasteiger partial charge in [0.15, 0.2) is 0 Å². The maximum atomic E-state index is 4.74. The number of nitrogens with one attached hydrogen (secondary N) is 1. The van der Waals surface area contributed by atoms with E-state index in [4.69, 9.17) is 5.10 Å². The predicted octanol–water partition coefficient (Wildman–Crippen LogP) is 3.38. The van der Waals surface area contributed by atoms with Crippen LogP contribution in [0.1, 0.15) is 74.7 Å². The van der Waals surface area contributed by atoms with Crippen LogP contribution in [-0.2, 0) is 6.42 Å². The van der Waals surface area contributed by atoms with Crippen LogP contribution in [0.4, 0.5) is 0 Å². The Hall–Kier alpha value is -0.830. The quantitative estimate of drug-likeness (QED) is 0.812. The Labute approximate surface area is 110 Å². The molecule has 3 heteroatoms. The maximum absolute atomic E-state index is 4.74. The Morgan fingerprint density at radius 3 is 2.67 bits per heavy atom. The molecule has 0 amide bonds. The van der Waals surface area contributed by atoms with E-state index in [1.807, 2.05) is 0 Å². The smallest absolute Gasteiger partial charge is 0.0540 e. The predicted molar refractivity (Wildman–Crippen MR) is 73.7 cm³/mol. The minimum Gasteiger partial charge on any atom is -0.313 e. The highest BCUT2D eigenvalue weighted by molar-refractivity contribution is 5.24. The number of aromatic nitrogens is 2. The van der Waals surface area contributed by atoms with Gasteiger partial charge in [-0.25, -0.2) is 0 Å². The van der Waals surface area contributed by atoms with Gasteiger partial charge in [-0.15, -0.1) is 0 Å². The molecule has 3 nitrogen and oxygen atoms in total. The van der Waals surface area contributed by atoms with Crippen molar-refractivity contribution >= 4 is 0 Å². The van der Waals surface area contributed by atoms with Crippen molar-refractivity contribution in [2.45, 2.75) is 69.9 Å². The van der Waals surface area contributed by atoms with Crippen LogP contribution in [0.25, 0.3) is 0 Å². The summed E-state index contributed by atoms with van der Waals surface area (Å²) in [5, 5.41) is 8.20. The summed E-state index contributed by atoms with van der Waals surface area (Å²) in [5.74, 6) is 0. The van der Waals surface area contributed by atoms with Crippen molar-refractivity contribution < 1.29 is 0 Å². The van der Waals surface area contributed by atoms with E-state index in [2.05, 4.69) is 23.2 Å². The molecular formula is C15H25N3. The SMILES string of the molecule is CNC1CCCCc2c1cnn2C1CCCCC1. The molecule has 1 unspecified atom stereocenters. The molecule has 0 aliphatic heterocycles. The van der Waals surface area contributed by atoms with E-state index in [1.165, 1.54) is 69.0 Å². The lowest BCUT2D eigenvalue weighted by Crippen LogP contribution is -2.19. The van der Waals surface area contributed by atoms with Gasteiger partial charge in [-0.3, -0.25) is 4.68 Å². The monoisotopic (exact) mass is 247 g/mol. The van der Waals surface area contributed by atoms with Crippen molar-refractivity contribution in [3.63, 3.8) is 0 Å². The molecule has 18 heavy (non-hydrogen) atoms. The van der Waals surface area contributed by atoms with Gasteiger partial charge in [0, 0.05) is 17.3 Å². The van der Waals surface area contributed by atoms with Crippen molar-refractivity contribution in [3.8, 4) is 0 Å². The van der Waals surface area contributed by atoms with Crippen LogP contribution in [0.2, 0.25) is 0 Å². The average molecular weight is 247 g/mol. The molecule has 0 bridgehead atoms. The highest BCUT2D eigenvalue weighted by Crippen LogP contribution is 2.34. The molecule has 1 fully saturated rings. The minimum atomic E-state index is 0.528. The van der Waals surface area contributed by atoms with Gasteiger partial charge in [-0.1, -0.05) is 25.7 Å². The lowest BCUT2D eigenvalue weighted by Gasteiger charge is -2.24. The molecule has 1 aromatic heterocycles. The summed E-state index contributed by atoms with van der Waals surface area (Å²) in [6.45, 7) is 0. The second kappa shape index (κ2) is 5.43. The average Bonchev–Trinajstić information content (AvgIpc) is 2.73. The molecule has 0 aromatic carbocycles. The van der Waals surface area contributed by atoms with E-state index in [0.29, 0.717) is 12.1 Å². The van der Waals surface area contributed by atoms with Crippen molar-refractivity contribution in [3.05, 3.63) is 17.5 Å². The highest BCUT2D eigenvalue weighted by Gasteiger charge is 2.25. The van der Waals surface area contributed by atoms with E-state index in [9.17, 15) is 0 Å². The number of rotatable bonds is 2. The molecule has 1 heterocycles. The van der Waals surface area contributed by atoms with Crippen molar-refractivity contribution in [1.82, 2.24) is 15.1 Å². The number of hydrogen-bond donors (Lipinski definition) is 1. The molecule has 1 saturated carbocycles. The first-order valence-corrected chi connectivity index (χ1v) is 7.63. The number of fused-ring (bicyclic) bond motifs is 1. The topological polar surface area (TPSA) is 29.9 Å². The van der Waals surface area contributed by atoms with E-state index in [-0.39, 0.29) is 0 Å². The summed E-state index contributed by atoms with van der Waals surface area (Å²) >= 11 is 0. The van der Waals surface area contributed by atoms with Gasteiger partial charge in [-0.05, 0) is 39.2 Å². The first-order chi connectivity index (χ1) is 8.90. The van der Waals surface area contributed by atoms with Gasteiger partial charge < -0.3 is 5.32 Å². The Morgan fingerprint density at radius 2 is 1.89 bits per heavy atom. The van der Waals surface area contributed by atoms with Crippen LogP contribution in [-0.4, -0.2) is 16.8 Å². The minimum absolute atomic E-state index is 0.528. The molecule has 1 N–H and O–H groups in total. The molecule has 1 atom stereocenters. The summed E-state index contributed by atoms with van der Waals surface area (Å²) in [4.78, 5) is 0. The van der Waals surface area contributed by atoms with Crippen LogP contribution < -0.4 is 5.32 Å². The summed E-state index contributed by atoms with van der Waals surface area (Å²) in [7, 11) is 2.08. The van der Waals surface area contributed by atoms with Gasteiger partial charge in [0.05, 0.1) is 12.2 Å². The zero-order valence-corrected chi connectivity index (χ0v) is 11.5. The summed E-state index contributed by atoms with van der Waals surface area (Å²) in [5.41, 5.74) is 3.00. The Morgan fingerprint density at radius 1 is 1.11 bits per heavy atom. The largest absolute Gasteiger partial charge is 0.313 e. The standard InChI is InChI=1S/C15H25N3/c1-16-14-9-5-6-10-15-13(14)11-17-18(15)12-7-3-2-4-8-12/h11-12,14,16H,2-10H2,1H3. The molecule has 3 rings (SSSR count). The Bertz CT molecular complexity index is 390. The lowest BCUT2D eigenvalue weighted by atomic mass is 9.95. The molecule has 0 radical (unpaired) electrons. The van der Waals surface area contributed by atoms with Crippen LogP contribution in [0.3, 0.4) is 0 Å². The third-order valence-corrected chi connectivity index (χ3v) is 4.73. The molecule has 2 aliphatic carbocycles. The van der Waals surface area contributed by atoms with Gasteiger partial charge >= 0.3 is 0 Å². The fraction of sp³-hybridized carbons (Fsp3) is 0.800. The Kier molecular flexibility index (Phi) is 3.69. The fourth-order valence-electron chi connectivity index (χ4n) is 3.69. The van der Waals surface area contributed by atoms with Gasteiger partial charge in [0.25, 0.3) is 0 Å². The van der Waals surface area contributed by atoms with E-state index in [0.717, 1.165) is 0 Å². The molecule has 0 saturated heterocycles. The first-order valence-electron chi connectivity index (χ1n) is 7.63. The normalized spacial score (nSPS) is 25.7. The van der Waals surface area contributed by atoms with Crippen molar-refractivity contribution in [2.24, 2.45) is 0 Å². The van der Waals surface area contributed by atoms with Gasteiger partial charge in [0.1, 0.15) is 0 Å². The third-order valence-electron chi connectivity index (χ3n) is 4.73. The van der Waals surface area contributed by atoms with Crippen LogP contribution in [0.5, 0.6) is 0 Å². The van der Waals surface area contributed by atoms with Crippen LogP contribution in [0, 0.1) is 0 Å². The number of nitrogens with zero attached hydrogens (tertiary/aromatic N) is 2. The van der Waals surface area contributed by atoms with Crippen molar-refractivity contribution in [1.29, 1.82) is 0 Å². The maximum Gasteiger partial charge on any atom is 0.0540 e. The fourth-order valence-corrected chi connectivity index (χ4v) is 3.69. The molecule has 2 aliphatic rings. The lowest BCUT2D eigenvalue weighted by molar-refractivity contribution is 0.321. The molecular weight excluding hydrogens is 222 g/mol. The molecule has 100 valence electrons. The van der Waals surface area contributed by atoms with Gasteiger partial charge in [-0.2, -0.15) is 5.10 Å². The zero-order valence-electron chi connectivity index (χ0n) is 11.5. The Balaban J connectivity index is 1.89. The molecule has 0 spiro atoms. The number of hydrogen-bond acceptors (Lipinski definition) is 2. The zero-order chi connectivity index (χ0) is 12.4. The van der Waals surface area contributed by atoms with Gasteiger partial charge in [0.2, 0.25) is 0 Å². The van der Waals surface area contributed by atoms with E-state index < -0.39 is 0 Å². The summed E-state index contributed by atoms with van der Waals surface area (Å²) < 4.78 is 2.38. The van der Waals surface area contributed by atoms with E-state index in [1.54, 1.807) is 0 Å². The second-order valence-corrected chi connectivity index (χ2v) is 5.87. The third kappa shape index (κ3) is 2.20. The summed E-state index contributed by atoms with van der Waals surface area (Å²) in [6, 6.07) is 1.21. The molecule has 1 aromatic rings. The van der Waals surface area contributed by atoms with Crippen molar-refractivity contribution in [2.75, 3.05) is 7.05 Å². The highest BCUT2D eigenvalue weighted by atomic mass is 15.3. The second-order valence-electron chi connectivity index (χ2n) is 5.87. The summed E-state index contributed by atoms with van der Waals surface area (Å²) in [6.07, 6.45) is 14.1.